The summed E-state index contributed by atoms with van der Waals surface area (Å²) in [7, 11) is 0. The van der Waals surface area contributed by atoms with Crippen molar-refractivity contribution in [3.05, 3.63) is 36.2 Å². The van der Waals surface area contributed by atoms with Crippen molar-refractivity contribution in [2.75, 3.05) is 13.1 Å². The first-order valence-corrected chi connectivity index (χ1v) is 7.37. The molecule has 2 heterocycles. The highest BCUT2D eigenvalue weighted by atomic mass is 16.4. The molecule has 4 heteroatoms. The number of hydrogen-bond acceptors (Lipinski definition) is 4. The molecule has 1 aliphatic heterocycles. The van der Waals surface area contributed by atoms with Crippen molar-refractivity contribution in [1.82, 2.24) is 15.1 Å². The summed E-state index contributed by atoms with van der Waals surface area (Å²) < 4.78 is 5.85. The van der Waals surface area contributed by atoms with Crippen LogP contribution in [0.25, 0.3) is 11.5 Å². The molecule has 1 unspecified atom stereocenters. The fourth-order valence-electron chi connectivity index (χ4n) is 2.67. The first kappa shape index (κ1) is 13.3. The number of likely N-dealkylation sites (tertiary alicyclic amines) is 1. The van der Waals surface area contributed by atoms with E-state index in [0.29, 0.717) is 5.89 Å². The lowest BCUT2D eigenvalue weighted by atomic mass is 9.98. The standard InChI is InChI=1S/C16H21N3O/c1-12-8-10-19(11-9-12)13(2)15-17-18-16(20-15)14-6-4-3-5-7-14/h3-7,12-13H,8-11H2,1-2H3. The molecule has 0 saturated carbocycles. The molecule has 0 bridgehead atoms. The summed E-state index contributed by atoms with van der Waals surface area (Å²) in [5.41, 5.74) is 0.978. The summed E-state index contributed by atoms with van der Waals surface area (Å²) in [6, 6.07) is 10.1. The number of hydrogen-bond donors (Lipinski definition) is 0. The smallest absolute Gasteiger partial charge is 0.247 e. The van der Waals surface area contributed by atoms with Crippen molar-refractivity contribution < 1.29 is 4.42 Å². The molecule has 4 nitrogen and oxygen atoms in total. The van der Waals surface area contributed by atoms with Gasteiger partial charge in [0.15, 0.2) is 0 Å². The molecule has 0 amide bonds. The Kier molecular flexibility index (Phi) is 3.83. The Morgan fingerprint density at radius 3 is 2.55 bits per heavy atom. The van der Waals surface area contributed by atoms with Crippen LogP contribution in [0.15, 0.2) is 34.7 Å². The van der Waals surface area contributed by atoms with E-state index in [4.69, 9.17) is 4.42 Å². The zero-order valence-corrected chi connectivity index (χ0v) is 12.1. The lowest BCUT2D eigenvalue weighted by Crippen LogP contribution is -2.35. The molecule has 106 valence electrons. The molecular weight excluding hydrogens is 250 g/mol. The Bertz CT molecular complexity index is 544. The summed E-state index contributed by atoms with van der Waals surface area (Å²) in [6.07, 6.45) is 2.51. The highest BCUT2D eigenvalue weighted by Crippen LogP contribution is 2.27. The van der Waals surface area contributed by atoms with Crippen molar-refractivity contribution in [2.24, 2.45) is 5.92 Å². The third-order valence-corrected chi connectivity index (χ3v) is 4.18. The lowest BCUT2D eigenvalue weighted by molar-refractivity contribution is 0.130. The fourth-order valence-corrected chi connectivity index (χ4v) is 2.67. The number of benzene rings is 1. The van der Waals surface area contributed by atoms with E-state index in [9.17, 15) is 0 Å². The van der Waals surface area contributed by atoms with Gasteiger partial charge in [-0.25, -0.2) is 0 Å². The van der Waals surface area contributed by atoms with Gasteiger partial charge >= 0.3 is 0 Å². The van der Waals surface area contributed by atoms with E-state index in [1.165, 1.54) is 12.8 Å². The summed E-state index contributed by atoms with van der Waals surface area (Å²) in [5, 5.41) is 8.40. The predicted octanol–water partition coefficient (Wildman–Crippen LogP) is 3.53. The average Bonchev–Trinajstić information content (AvgIpc) is 2.98. The van der Waals surface area contributed by atoms with Crippen LogP contribution in [0.5, 0.6) is 0 Å². The summed E-state index contributed by atoms with van der Waals surface area (Å²) in [6.45, 7) is 6.71. The Hall–Kier alpha value is -1.68. The first-order chi connectivity index (χ1) is 9.74. The van der Waals surface area contributed by atoms with Gasteiger partial charge in [0.2, 0.25) is 11.8 Å². The SMILES string of the molecule is CC1CCN(C(C)c2nnc(-c3ccccc3)o2)CC1. The Morgan fingerprint density at radius 2 is 1.85 bits per heavy atom. The van der Waals surface area contributed by atoms with Crippen LogP contribution < -0.4 is 0 Å². The second kappa shape index (κ2) is 5.75. The normalized spacial score (nSPS) is 19.1. The van der Waals surface area contributed by atoms with Gasteiger partial charge in [-0.15, -0.1) is 10.2 Å². The Morgan fingerprint density at radius 1 is 1.15 bits per heavy atom. The minimum Gasteiger partial charge on any atom is -0.419 e. The molecule has 1 saturated heterocycles. The van der Waals surface area contributed by atoms with Crippen molar-refractivity contribution >= 4 is 0 Å². The van der Waals surface area contributed by atoms with Gasteiger partial charge in [0.25, 0.3) is 0 Å². The summed E-state index contributed by atoms with van der Waals surface area (Å²) >= 11 is 0. The second-order valence-electron chi connectivity index (χ2n) is 5.71. The van der Waals surface area contributed by atoms with Gasteiger partial charge in [0.1, 0.15) is 0 Å². The summed E-state index contributed by atoms with van der Waals surface area (Å²) in [4.78, 5) is 2.43. The van der Waals surface area contributed by atoms with Crippen LogP contribution in [-0.2, 0) is 0 Å². The molecule has 3 rings (SSSR count). The third kappa shape index (κ3) is 2.75. The molecular formula is C16H21N3O. The van der Waals surface area contributed by atoms with E-state index in [1.807, 2.05) is 30.3 Å². The van der Waals surface area contributed by atoms with Crippen molar-refractivity contribution in [2.45, 2.75) is 32.7 Å². The maximum Gasteiger partial charge on any atom is 0.247 e. The van der Waals surface area contributed by atoms with Crippen LogP contribution in [-0.4, -0.2) is 28.2 Å². The molecule has 2 aromatic rings. The number of aromatic nitrogens is 2. The molecule has 20 heavy (non-hydrogen) atoms. The topological polar surface area (TPSA) is 42.2 Å². The van der Waals surface area contributed by atoms with E-state index < -0.39 is 0 Å². The number of piperidine rings is 1. The van der Waals surface area contributed by atoms with Gasteiger partial charge in [-0.3, -0.25) is 4.90 Å². The molecule has 1 fully saturated rings. The van der Waals surface area contributed by atoms with Crippen LogP contribution in [0.2, 0.25) is 0 Å². The Labute approximate surface area is 119 Å². The van der Waals surface area contributed by atoms with Gasteiger partial charge in [0.05, 0.1) is 6.04 Å². The van der Waals surface area contributed by atoms with Crippen LogP contribution in [0.1, 0.15) is 38.6 Å². The zero-order valence-electron chi connectivity index (χ0n) is 12.1. The quantitative estimate of drug-likeness (QED) is 0.856. The molecule has 1 aromatic heterocycles. The van der Waals surface area contributed by atoms with E-state index in [-0.39, 0.29) is 6.04 Å². The minimum atomic E-state index is 0.201. The second-order valence-corrected chi connectivity index (χ2v) is 5.71. The van der Waals surface area contributed by atoms with Gasteiger partial charge in [-0.2, -0.15) is 0 Å². The molecule has 0 N–H and O–H groups in total. The minimum absolute atomic E-state index is 0.201. The fraction of sp³-hybridized carbons (Fsp3) is 0.500. The van der Waals surface area contributed by atoms with E-state index in [0.717, 1.165) is 30.5 Å². The summed E-state index contributed by atoms with van der Waals surface area (Å²) in [5.74, 6) is 2.16. The predicted molar refractivity (Wildman–Crippen MR) is 78.1 cm³/mol. The van der Waals surface area contributed by atoms with E-state index in [2.05, 4.69) is 28.9 Å². The molecule has 1 atom stereocenters. The highest BCUT2D eigenvalue weighted by molar-refractivity contribution is 5.51. The highest BCUT2D eigenvalue weighted by Gasteiger charge is 2.25. The van der Waals surface area contributed by atoms with E-state index >= 15 is 0 Å². The van der Waals surface area contributed by atoms with Gasteiger partial charge in [-0.05, 0) is 50.9 Å². The van der Waals surface area contributed by atoms with E-state index in [1.54, 1.807) is 0 Å². The van der Waals surface area contributed by atoms with Crippen molar-refractivity contribution in [1.29, 1.82) is 0 Å². The molecule has 0 radical (unpaired) electrons. The van der Waals surface area contributed by atoms with Crippen LogP contribution in [0.4, 0.5) is 0 Å². The Balaban J connectivity index is 1.73. The molecule has 0 aliphatic carbocycles. The van der Waals surface area contributed by atoms with Crippen LogP contribution in [0, 0.1) is 5.92 Å². The largest absolute Gasteiger partial charge is 0.419 e. The van der Waals surface area contributed by atoms with Gasteiger partial charge in [0, 0.05) is 5.56 Å². The first-order valence-electron chi connectivity index (χ1n) is 7.37. The maximum atomic E-state index is 5.85. The molecule has 1 aliphatic rings. The third-order valence-electron chi connectivity index (χ3n) is 4.18. The zero-order chi connectivity index (χ0) is 13.9. The van der Waals surface area contributed by atoms with Crippen LogP contribution >= 0.6 is 0 Å². The van der Waals surface area contributed by atoms with Gasteiger partial charge in [-0.1, -0.05) is 25.1 Å². The molecule has 0 spiro atoms. The number of nitrogens with zero attached hydrogens (tertiary/aromatic N) is 3. The maximum absolute atomic E-state index is 5.85. The number of rotatable bonds is 3. The van der Waals surface area contributed by atoms with Crippen molar-refractivity contribution in [3.63, 3.8) is 0 Å². The van der Waals surface area contributed by atoms with Crippen molar-refractivity contribution in [3.8, 4) is 11.5 Å². The van der Waals surface area contributed by atoms with Crippen LogP contribution in [0.3, 0.4) is 0 Å². The lowest BCUT2D eigenvalue weighted by Gasteiger charge is -2.33. The molecule has 1 aromatic carbocycles. The van der Waals surface area contributed by atoms with Gasteiger partial charge < -0.3 is 4.42 Å². The average molecular weight is 271 g/mol. The monoisotopic (exact) mass is 271 g/mol.